The Morgan fingerprint density at radius 3 is 2.78 bits per heavy atom. The first-order chi connectivity index (χ1) is 8.81. The molecular weight excluding hydrogens is 222 g/mol. The van der Waals surface area contributed by atoms with Crippen LogP contribution in [0.5, 0.6) is 0 Å². The van der Waals surface area contributed by atoms with E-state index in [4.69, 9.17) is 0 Å². The molecule has 0 saturated carbocycles. The molecule has 2 nitrogen and oxygen atoms in total. The minimum absolute atomic E-state index is 0.412. The Morgan fingerprint density at radius 2 is 2.06 bits per heavy atom. The van der Waals surface area contributed by atoms with Gasteiger partial charge in [0.15, 0.2) is 0 Å². The van der Waals surface area contributed by atoms with E-state index in [1.54, 1.807) is 0 Å². The molecule has 0 radical (unpaired) electrons. The monoisotopic (exact) mass is 243 g/mol. The Labute approximate surface area is 109 Å². The number of benzene rings is 1. The van der Waals surface area contributed by atoms with E-state index in [1.807, 2.05) is 13.0 Å². The van der Waals surface area contributed by atoms with E-state index in [0.29, 0.717) is 0 Å². The standard InChI is InChI=1S/C16H21NO/c1-2-16(18)17-12-14-10-6-7-11-15(14)13-8-4-3-5-9-13/h3-6,8-10,16-18H,2,7,11-12H2,1H3. The van der Waals surface area contributed by atoms with Gasteiger partial charge in [0.2, 0.25) is 0 Å². The zero-order valence-corrected chi connectivity index (χ0v) is 10.9. The van der Waals surface area contributed by atoms with Crippen LogP contribution in [0.1, 0.15) is 31.7 Å². The smallest absolute Gasteiger partial charge is 0.104 e. The van der Waals surface area contributed by atoms with Crippen LogP contribution in [0.4, 0.5) is 0 Å². The van der Waals surface area contributed by atoms with Gasteiger partial charge < -0.3 is 5.11 Å². The Bertz CT molecular complexity index is 434. The van der Waals surface area contributed by atoms with Crippen LogP contribution in [0.2, 0.25) is 0 Å². The first kappa shape index (κ1) is 13.1. The molecule has 0 amide bonds. The molecule has 0 heterocycles. The van der Waals surface area contributed by atoms with Crippen LogP contribution in [0.25, 0.3) is 5.57 Å². The SMILES string of the molecule is CCC(O)NCC1=C(c2ccccc2)CCC=C1. The van der Waals surface area contributed by atoms with E-state index in [0.717, 1.165) is 25.8 Å². The summed E-state index contributed by atoms with van der Waals surface area (Å²) in [4.78, 5) is 0. The molecule has 1 aromatic carbocycles. The highest BCUT2D eigenvalue weighted by atomic mass is 16.3. The van der Waals surface area contributed by atoms with Crippen LogP contribution in [0.15, 0.2) is 48.1 Å². The van der Waals surface area contributed by atoms with Gasteiger partial charge in [0.05, 0.1) is 0 Å². The molecule has 1 aromatic rings. The van der Waals surface area contributed by atoms with E-state index in [2.05, 4.69) is 41.7 Å². The maximum atomic E-state index is 9.59. The third-order valence-electron chi connectivity index (χ3n) is 3.30. The lowest BCUT2D eigenvalue weighted by Gasteiger charge is -2.18. The molecule has 2 N–H and O–H groups in total. The van der Waals surface area contributed by atoms with Gasteiger partial charge in [-0.15, -0.1) is 0 Å². The minimum Gasteiger partial charge on any atom is -0.379 e. The summed E-state index contributed by atoms with van der Waals surface area (Å²) >= 11 is 0. The molecule has 1 aliphatic rings. The van der Waals surface area contributed by atoms with Crippen molar-refractivity contribution in [2.24, 2.45) is 0 Å². The highest BCUT2D eigenvalue weighted by molar-refractivity contribution is 5.72. The molecule has 0 aromatic heterocycles. The van der Waals surface area contributed by atoms with Crippen molar-refractivity contribution in [3.63, 3.8) is 0 Å². The predicted octanol–water partition coefficient (Wildman–Crippen LogP) is 3.11. The van der Waals surface area contributed by atoms with E-state index < -0.39 is 6.23 Å². The Morgan fingerprint density at radius 1 is 1.28 bits per heavy atom. The maximum Gasteiger partial charge on any atom is 0.104 e. The summed E-state index contributed by atoms with van der Waals surface area (Å²) in [5.74, 6) is 0. The molecule has 0 spiro atoms. The number of nitrogens with one attached hydrogen (secondary N) is 1. The van der Waals surface area contributed by atoms with Gasteiger partial charge in [0.25, 0.3) is 0 Å². The van der Waals surface area contributed by atoms with Gasteiger partial charge in [-0.3, -0.25) is 5.32 Å². The van der Waals surface area contributed by atoms with Crippen molar-refractivity contribution in [1.29, 1.82) is 0 Å². The summed E-state index contributed by atoms with van der Waals surface area (Å²) in [5, 5.41) is 12.7. The number of aliphatic hydroxyl groups is 1. The molecule has 0 fully saturated rings. The second kappa shape index (κ2) is 6.53. The molecule has 1 atom stereocenters. The number of hydrogen-bond acceptors (Lipinski definition) is 2. The highest BCUT2D eigenvalue weighted by Gasteiger charge is 2.11. The second-order valence-electron chi connectivity index (χ2n) is 4.62. The average molecular weight is 243 g/mol. The summed E-state index contributed by atoms with van der Waals surface area (Å²) in [6.45, 7) is 2.70. The third-order valence-corrected chi connectivity index (χ3v) is 3.30. The fourth-order valence-corrected chi connectivity index (χ4v) is 2.22. The van der Waals surface area contributed by atoms with Gasteiger partial charge in [-0.05, 0) is 36.0 Å². The van der Waals surface area contributed by atoms with Crippen molar-refractivity contribution in [3.8, 4) is 0 Å². The van der Waals surface area contributed by atoms with Gasteiger partial charge in [-0.25, -0.2) is 0 Å². The number of allylic oxidation sites excluding steroid dienone is 2. The van der Waals surface area contributed by atoms with Crippen LogP contribution in [-0.2, 0) is 0 Å². The predicted molar refractivity (Wildman–Crippen MR) is 76.0 cm³/mol. The molecule has 1 unspecified atom stereocenters. The zero-order chi connectivity index (χ0) is 12.8. The average Bonchev–Trinajstić information content (AvgIpc) is 2.46. The van der Waals surface area contributed by atoms with Crippen LogP contribution in [-0.4, -0.2) is 17.9 Å². The van der Waals surface area contributed by atoms with Gasteiger partial charge in [-0.1, -0.05) is 49.4 Å². The number of hydrogen-bond donors (Lipinski definition) is 2. The quantitative estimate of drug-likeness (QED) is 0.779. The van der Waals surface area contributed by atoms with Gasteiger partial charge in [0, 0.05) is 6.54 Å². The molecule has 2 heteroatoms. The van der Waals surface area contributed by atoms with Gasteiger partial charge in [0.1, 0.15) is 6.23 Å². The Kier molecular flexibility index (Phi) is 4.73. The largest absolute Gasteiger partial charge is 0.379 e. The number of aliphatic hydroxyl groups excluding tert-OH is 1. The van der Waals surface area contributed by atoms with E-state index in [9.17, 15) is 5.11 Å². The van der Waals surface area contributed by atoms with Gasteiger partial charge in [-0.2, -0.15) is 0 Å². The Balaban J connectivity index is 2.17. The van der Waals surface area contributed by atoms with Crippen molar-refractivity contribution in [2.75, 3.05) is 6.54 Å². The number of rotatable bonds is 5. The summed E-state index contributed by atoms with van der Waals surface area (Å²) in [7, 11) is 0. The zero-order valence-electron chi connectivity index (χ0n) is 10.9. The molecule has 2 rings (SSSR count). The van der Waals surface area contributed by atoms with Crippen molar-refractivity contribution in [1.82, 2.24) is 5.32 Å². The normalized spacial score (nSPS) is 17.0. The van der Waals surface area contributed by atoms with Crippen LogP contribution in [0, 0.1) is 0 Å². The van der Waals surface area contributed by atoms with E-state index >= 15 is 0 Å². The van der Waals surface area contributed by atoms with Gasteiger partial charge >= 0.3 is 0 Å². The lowest BCUT2D eigenvalue weighted by molar-refractivity contribution is 0.137. The molecule has 18 heavy (non-hydrogen) atoms. The fraction of sp³-hybridized carbons (Fsp3) is 0.375. The van der Waals surface area contributed by atoms with Crippen molar-refractivity contribution >= 4 is 5.57 Å². The van der Waals surface area contributed by atoms with Crippen molar-refractivity contribution < 1.29 is 5.11 Å². The van der Waals surface area contributed by atoms with Crippen molar-refractivity contribution in [2.45, 2.75) is 32.4 Å². The fourth-order valence-electron chi connectivity index (χ4n) is 2.22. The third kappa shape index (κ3) is 3.31. The van der Waals surface area contributed by atoms with Crippen LogP contribution < -0.4 is 5.32 Å². The molecular formula is C16H21NO. The minimum atomic E-state index is -0.412. The van der Waals surface area contributed by atoms with E-state index in [1.165, 1.54) is 16.7 Å². The summed E-state index contributed by atoms with van der Waals surface area (Å²) in [5.41, 5.74) is 3.98. The van der Waals surface area contributed by atoms with Crippen molar-refractivity contribution in [3.05, 3.63) is 53.6 Å². The summed E-state index contributed by atoms with van der Waals surface area (Å²) in [6.07, 6.45) is 6.90. The molecule has 0 bridgehead atoms. The molecule has 96 valence electrons. The summed E-state index contributed by atoms with van der Waals surface area (Å²) < 4.78 is 0. The first-order valence-electron chi connectivity index (χ1n) is 6.66. The lowest BCUT2D eigenvalue weighted by Crippen LogP contribution is -2.29. The lowest BCUT2D eigenvalue weighted by atomic mass is 9.91. The molecule has 0 aliphatic heterocycles. The first-order valence-corrected chi connectivity index (χ1v) is 6.66. The molecule has 0 saturated heterocycles. The van der Waals surface area contributed by atoms with Crippen LogP contribution >= 0.6 is 0 Å². The highest BCUT2D eigenvalue weighted by Crippen LogP contribution is 2.27. The van der Waals surface area contributed by atoms with E-state index in [-0.39, 0.29) is 0 Å². The summed E-state index contributed by atoms with van der Waals surface area (Å²) in [6, 6.07) is 10.5. The maximum absolute atomic E-state index is 9.59. The molecule has 1 aliphatic carbocycles. The van der Waals surface area contributed by atoms with Crippen LogP contribution in [0.3, 0.4) is 0 Å². The topological polar surface area (TPSA) is 32.3 Å². The Hall–Kier alpha value is -1.38. The second-order valence-corrected chi connectivity index (χ2v) is 4.62.